The maximum atomic E-state index is 2.74. The van der Waals surface area contributed by atoms with Crippen LogP contribution in [0.15, 0.2) is 0 Å². The molecule has 0 saturated carbocycles. The molecule has 1 saturated heterocycles. The van der Waals surface area contributed by atoms with E-state index in [1.807, 2.05) is 0 Å². The van der Waals surface area contributed by atoms with Crippen LogP contribution >= 0.6 is 0 Å². The van der Waals surface area contributed by atoms with Gasteiger partial charge in [0, 0.05) is 6.54 Å². The Balaban J connectivity index is 1.91. The number of likely N-dealkylation sites (tertiary alicyclic amines) is 1. The molecule has 0 N–H and O–H groups in total. The van der Waals surface area contributed by atoms with E-state index in [2.05, 4.69) is 18.7 Å². The highest BCUT2D eigenvalue weighted by Gasteiger charge is 2.18. The van der Waals surface area contributed by atoms with Gasteiger partial charge in [0.05, 0.1) is 0 Å². The van der Waals surface area contributed by atoms with Crippen LogP contribution in [0.5, 0.6) is 0 Å². The summed E-state index contributed by atoms with van der Waals surface area (Å²) in [6.07, 6.45) is 17.3. The van der Waals surface area contributed by atoms with Crippen LogP contribution in [0.2, 0.25) is 0 Å². The van der Waals surface area contributed by atoms with Crippen molar-refractivity contribution in [1.29, 1.82) is 0 Å². The molecule has 19 heavy (non-hydrogen) atoms. The number of hydrogen-bond acceptors (Lipinski definition) is 1. The third-order valence-corrected chi connectivity index (χ3v) is 4.63. The van der Waals surface area contributed by atoms with Gasteiger partial charge >= 0.3 is 0 Å². The summed E-state index contributed by atoms with van der Waals surface area (Å²) in [5.74, 6) is 1.01. The van der Waals surface area contributed by atoms with E-state index in [0.29, 0.717) is 0 Å². The molecule has 1 aliphatic heterocycles. The van der Waals surface area contributed by atoms with Crippen LogP contribution in [0, 0.1) is 5.92 Å². The van der Waals surface area contributed by atoms with Crippen molar-refractivity contribution in [2.45, 2.75) is 90.9 Å². The van der Waals surface area contributed by atoms with E-state index in [1.54, 1.807) is 0 Å². The fourth-order valence-corrected chi connectivity index (χ4v) is 3.47. The number of hydrogen-bond donors (Lipinski definition) is 0. The highest BCUT2D eigenvalue weighted by atomic mass is 15.1. The molecule has 1 heterocycles. The summed E-state index contributed by atoms with van der Waals surface area (Å²) in [4.78, 5) is 2.74. The standard InChI is InChI=1S/C18H37N/c1-3-5-6-7-8-9-10-11-15-19-16-12-14-18(17-19)13-4-2/h18H,3-17H2,1-2H3. The Morgan fingerprint density at radius 2 is 1.53 bits per heavy atom. The highest BCUT2D eigenvalue weighted by molar-refractivity contribution is 4.72. The molecule has 0 bridgehead atoms. The minimum atomic E-state index is 1.01. The summed E-state index contributed by atoms with van der Waals surface area (Å²) in [6, 6.07) is 0. The second-order valence-electron chi connectivity index (χ2n) is 6.57. The van der Waals surface area contributed by atoms with Gasteiger partial charge in [-0.05, 0) is 44.7 Å². The van der Waals surface area contributed by atoms with Crippen molar-refractivity contribution >= 4 is 0 Å². The molecule has 0 aliphatic carbocycles. The first-order valence-corrected chi connectivity index (χ1v) is 9.09. The van der Waals surface area contributed by atoms with Gasteiger partial charge in [0.1, 0.15) is 0 Å². The molecule has 1 rings (SSSR count). The van der Waals surface area contributed by atoms with E-state index in [1.165, 1.54) is 96.7 Å². The van der Waals surface area contributed by atoms with Crippen molar-refractivity contribution < 1.29 is 0 Å². The highest BCUT2D eigenvalue weighted by Crippen LogP contribution is 2.21. The molecule has 0 aromatic rings. The molecule has 0 amide bonds. The zero-order valence-corrected chi connectivity index (χ0v) is 13.6. The summed E-state index contributed by atoms with van der Waals surface area (Å²) in [5.41, 5.74) is 0. The van der Waals surface area contributed by atoms with Crippen molar-refractivity contribution in [3.05, 3.63) is 0 Å². The van der Waals surface area contributed by atoms with E-state index in [-0.39, 0.29) is 0 Å². The van der Waals surface area contributed by atoms with Gasteiger partial charge in [-0.1, -0.05) is 65.2 Å². The number of nitrogens with zero attached hydrogens (tertiary/aromatic N) is 1. The molecular weight excluding hydrogens is 230 g/mol. The Labute approximate surface area is 122 Å². The summed E-state index contributed by atoms with van der Waals surface area (Å²) in [5, 5.41) is 0. The quantitative estimate of drug-likeness (QED) is 0.438. The fraction of sp³-hybridized carbons (Fsp3) is 1.00. The maximum Gasteiger partial charge on any atom is 0.000966 e. The van der Waals surface area contributed by atoms with Crippen molar-refractivity contribution in [2.24, 2.45) is 5.92 Å². The predicted molar refractivity (Wildman–Crippen MR) is 86.7 cm³/mol. The van der Waals surface area contributed by atoms with Crippen LogP contribution in [-0.2, 0) is 0 Å². The van der Waals surface area contributed by atoms with Gasteiger partial charge in [0.25, 0.3) is 0 Å². The Hall–Kier alpha value is -0.0400. The lowest BCUT2D eigenvalue weighted by Crippen LogP contribution is -2.35. The fourth-order valence-electron chi connectivity index (χ4n) is 3.47. The average Bonchev–Trinajstić information content (AvgIpc) is 2.43. The Morgan fingerprint density at radius 3 is 2.21 bits per heavy atom. The molecule has 0 radical (unpaired) electrons. The van der Waals surface area contributed by atoms with Crippen LogP contribution in [-0.4, -0.2) is 24.5 Å². The van der Waals surface area contributed by atoms with Gasteiger partial charge in [-0.3, -0.25) is 0 Å². The van der Waals surface area contributed by atoms with E-state index < -0.39 is 0 Å². The molecule has 114 valence electrons. The lowest BCUT2D eigenvalue weighted by molar-refractivity contribution is 0.165. The van der Waals surface area contributed by atoms with Gasteiger partial charge < -0.3 is 4.90 Å². The molecule has 1 fully saturated rings. The normalized spacial score (nSPS) is 20.8. The van der Waals surface area contributed by atoms with Gasteiger partial charge in [0.15, 0.2) is 0 Å². The zero-order valence-electron chi connectivity index (χ0n) is 13.6. The van der Waals surface area contributed by atoms with Crippen LogP contribution < -0.4 is 0 Å². The first-order valence-electron chi connectivity index (χ1n) is 9.09. The predicted octanol–water partition coefficient (Wildman–Crippen LogP) is 5.64. The summed E-state index contributed by atoms with van der Waals surface area (Å²) >= 11 is 0. The first-order chi connectivity index (χ1) is 9.36. The topological polar surface area (TPSA) is 3.24 Å². The molecule has 1 atom stereocenters. The van der Waals surface area contributed by atoms with Gasteiger partial charge in [-0.2, -0.15) is 0 Å². The lowest BCUT2D eigenvalue weighted by Gasteiger charge is -2.32. The van der Waals surface area contributed by atoms with Crippen molar-refractivity contribution in [2.75, 3.05) is 19.6 Å². The summed E-state index contributed by atoms with van der Waals surface area (Å²) in [7, 11) is 0. The van der Waals surface area contributed by atoms with Crippen molar-refractivity contribution in [1.82, 2.24) is 4.90 Å². The minimum Gasteiger partial charge on any atom is -0.303 e. The third kappa shape index (κ3) is 8.68. The number of piperidine rings is 1. The SMILES string of the molecule is CCCCCCCCCCN1CCCC(CCC)C1. The van der Waals surface area contributed by atoms with Crippen LogP contribution in [0.4, 0.5) is 0 Å². The lowest BCUT2D eigenvalue weighted by atomic mass is 9.93. The van der Waals surface area contributed by atoms with E-state index >= 15 is 0 Å². The van der Waals surface area contributed by atoms with Crippen LogP contribution in [0.1, 0.15) is 90.9 Å². The number of unbranched alkanes of at least 4 members (excludes halogenated alkanes) is 7. The van der Waals surface area contributed by atoms with Gasteiger partial charge in [-0.25, -0.2) is 0 Å². The summed E-state index contributed by atoms with van der Waals surface area (Å²) in [6.45, 7) is 8.76. The molecule has 1 unspecified atom stereocenters. The van der Waals surface area contributed by atoms with Crippen molar-refractivity contribution in [3.63, 3.8) is 0 Å². The minimum absolute atomic E-state index is 1.01. The van der Waals surface area contributed by atoms with Crippen LogP contribution in [0.25, 0.3) is 0 Å². The number of rotatable bonds is 11. The largest absolute Gasteiger partial charge is 0.303 e. The molecule has 1 aliphatic rings. The first kappa shape index (κ1) is 17.0. The molecule has 0 aromatic heterocycles. The van der Waals surface area contributed by atoms with E-state index in [0.717, 1.165) is 5.92 Å². The van der Waals surface area contributed by atoms with Crippen LogP contribution in [0.3, 0.4) is 0 Å². The van der Waals surface area contributed by atoms with E-state index in [4.69, 9.17) is 0 Å². The van der Waals surface area contributed by atoms with Gasteiger partial charge in [-0.15, -0.1) is 0 Å². The monoisotopic (exact) mass is 267 g/mol. The Morgan fingerprint density at radius 1 is 0.842 bits per heavy atom. The van der Waals surface area contributed by atoms with Gasteiger partial charge in [0.2, 0.25) is 0 Å². The smallest absolute Gasteiger partial charge is 0.000966 e. The average molecular weight is 268 g/mol. The molecule has 1 nitrogen and oxygen atoms in total. The Bertz CT molecular complexity index is 188. The molecular formula is C18H37N. The van der Waals surface area contributed by atoms with E-state index in [9.17, 15) is 0 Å². The molecule has 0 aromatic carbocycles. The summed E-state index contributed by atoms with van der Waals surface area (Å²) < 4.78 is 0. The third-order valence-electron chi connectivity index (χ3n) is 4.63. The van der Waals surface area contributed by atoms with Crippen molar-refractivity contribution in [3.8, 4) is 0 Å². The maximum absolute atomic E-state index is 2.74. The second-order valence-corrected chi connectivity index (χ2v) is 6.57. The second kappa shape index (κ2) is 11.8. The molecule has 1 heteroatoms. The zero-order chi connectivity index (χ0) is 13.8. The molecule has 0 spiro atoms. The Kier molecular flexibility index (Phi) is 10.5.